The smallest absolute Gasteiger partial charge is 0.0501 e. The minimum Gasteiger partial charge on any atom is -0.396 e. The summed E-state index contributed by atoms with van der Waals surface area (Å²) >= 11 is 0. The van der Waals surface area contributed by atoms with Crippen molar-refractivity contribution in [3.05, 3.63) is 11.6 Å². The number of hydrogen-bond donors (Lipinski definition) is 2. The lowest BCUT2D eigenvalue weighted by Crippen LogP contribution is -2.48. The highest BCUT2D eigenvalue weighted by atomic mass is 16.5. The normalized spacial score (nSPS) is 24.0. The lowest BCUT2D eigenvalue weighted by Gasteiger charge is -2.38. The zero-order valence-electron chi connectivity index (χ0n) is 13.7. The van der Waals surface area contributed by atoms with E-state index in [9.17, 15) is 5.11 Å². The van der Waals surface area contributed by atoms with E-state index in [2.05, 4.69) is 30.1 Å². The van der Waals surface area contributed by atoms with Gasteiger partial charge in [-0.3, -0.25) is 4.90 Å². The summed E-state index contributed by atoms with van der Waals surface area (Å²) in [7, 11) is 0. The summed E-state index contributed by atoms with van der Waals surface area (Å²) in [6.07, 6.45) is 6.71. The quantitative estimate of drug-likeness (QED) is 0.734. The van der Waals surface area contributed by atoms with Gasteiger partial charge >= 0.3 is 0 Å². The molecule has 4 heteroatoms. The average molecular weight is 296 g/mol. The Hall–Kier alpha value is -0.420. The number of rotatable bonds is 6. The molecule has 0 spiro atoms. The lowest BCUT2D eigenvalue weighted by molar-refractivity contribution is -0.0174. The maximum absolute atomic E-state index is 9.72. The minimum atomic E-state index is 0.0530. The van der Waals surface area contributed by atoms with Crippen molar-refractivity contribution in [1.29, 1.82) is 0 Å². The molecule has 0 radical (unpaired) electrons. The Morgan fingerprint density at radius 1 is 1.29 bits per heavy atom. The molecule has 122 valence electrons. The Labute approximate surface area is 129 Å². The molecule has 2 N–H and O–H groups in total. The number of allylic oxidation sites excluding steroid dienone is 1. The molecule has 0 aromatic carbocycles. The van der Waals surface area contributed by atoms with E-state index in [1.807, 2.05) is 0 Å². The Balaban J connectivity index is 1.69. The van der Waals surface area contributed by atoms with Gasteiger partial charge in [0.05, 0.1) is 6.61 Å². The second kappa shape index (κ2) is 8.28. The van der Waals surface area contributed by atoms with Crippen molar-refractivity contribution in [2.24, 2.45) is 5.41 Å². The number of aliphatic hydroxyl groups excluding tert-OH is 1. The van der Waals surface area contributed by atoms with E-state index < -0.39 is 0 Å². The van der Waals surface area contributed by atoms with Crippen LogP contribution in [0.4, 0.5) is 0 Å². The van der Waals surface area contributed by atoms with Gasteiger partial charge in [-0.2, -0.15) is 0 Å². The SMILES string of the molecule is CC(C)=CCN1CCC(NCC2(CO)CCOCC2)CC1. The molecule has 0 saturated carbocycles. The van der Waals surface area contributed by atoms with E-state index >= 15 is 0 Å². The fourth-order valence-electron chi connectivity index (χ4n) is 3.19. The fourth-order valence-corrected chi connectivity index (χ4v) is 3.19. The van der Waals surface area contributed by atoms with Gasteiger partial charge in [0.15, 0.2) is 0 Å². The van der Waals surface area contributed by atoms with Gasteiger partial charge < -0.3 is 15.2 Å². The third-order valence-corrected chi connectivity index (χ3v) is 5.00. The van der Waals surface area contributed by atoms with Crippen molar-refractivity contribution in [3.8, 4) is 0 Å². The average Bonchev–Trinajstić information content (AvgIpc) is 2.53. The Morgan fingerprint density at radius 2 is 1.95 bits per heavy atom. The molecule has 2 rings (SSSR count). The third-order valence-electron chi connectivity index (χ3n) is 5.00. The van der Waals surface area contributed by atoms with Crippen LogP contribution in [0, 0.1) is 5.41 Å². The van der Waals surface area contributed by atoms with Crippen LogP contribution < -0.4 is 5.32 Å². The summed E-state index contributed by atoms with van der Waals surface area (Å²) in [6, 6.07) is 0.610. The number of nitrogens with zero attached hydrogens (tertiary/aromatic N) is 1. The van der Waals surface area contributed by atoms with Crippen molar-refractivity contribution >= 4 is 0 Å². The molecule has 2 heterocycles. The predicted octanol–water partition coefficient (Wildman–Crippen LogP) is 1.80. The summed E-state index contributed by atoms with van der Waals surface area (Å²) in [6.45, 7) is 10.6. The fraction of sp³-hybridized carbons (Fsp3) is 0.882. The summed E-state index contributed by atoms with van der Waals surface area (Å²) in [5, 5.41) is 13.4. The molecule has 0 aromatic rings. The molecule has 2 aliphatic rings. The van der Waals surface area contributed by atoms with Crippen molar-refractivity contribution in [2.75, 3.05) is 46.0 Å². The van der Waals surface area contributed by atoms with E-state index in [-0.39, 0.29) is 12.0 Å². The maximum Gasteiger partial charge on any atom is 0.0501 e. The van der Waals surface area contributed by atoms with Crippen molar-refractivity contribution in [3.63, 3.8) is 0 Å². The van der Waals surface area contributed by atoms with E-state index in [1.165, 1.54) is 31.5 Å². The monoisotopic (exact) mass is 296 g/mol. The van der Waals surface area contributed by atoms with Crippen LogP contribution in [0.25, 0.3) is 0 Å². The summed E-state index contributed by atoms with van der Waals surface area (Å²) in [4.78, 5) is 2.53. The highest BCUT2D eigenvalue weighted by Crippen LogP contribution is 2.29. The molecule has 2 saturated heterocycles. The first kappa shape index (κ1) is 16.9. The topological polar surface area (TPSA) is 44.7 Å². The Morgan fingerprint density at radius 3 is 2.52 bits per heavy atom. The Kier molecular flexibility index (Phi) is 6.68. The highest BCUT2D eigenvalue weighted by Gasteiger charge is 2.32. The van der Waals surface area contributed by atoms with E-state index in [0.29, 0.717) is 6.04 Å². The molecule has 2 fully saturated rings. The number of ether oxygens (including phenoxy) is 1. The van der Waals surface area contributed by atoms with Gasteiger partial charge in [0, 0.05) is 37.8 Å². The second-order valence-electron chi connectivity index (χ2n) is 7.01. The number of piperidine rings is 1. The van der Waals surface area contributed by atoms with Gasteiger partial charge in [-0.05, 0) is 52.6 Å². The summed E-state index contributed by atoms with van der Waals surface area (Å²) in [5.74, 6) is 0. The van der Waals surface area contributed by atoms with Gasteiger partial charge in [-0.15, -0.1) is 0 Å². The van der Waals surface area contributed by atoms with E-state index in [1.54, 1.807) is 0 Å². The zero-order valence-corrected chi connectivity index (χ0v) is 13.7. The van der Waals surface area contributed by atoms with Crippen LogP contribution >= 0.6 is 0 Å². The van der Waals surface area contributed by atoms with Crippen LogP contribution in [-0.4, -0.2) is 62.0 Å². The Bertz CT molecular complexity index is 326. The molecule has 0 unspecified atom stereocenters. The molecule has 0 aliphatic carbocycles. The lowest BCUT2D eigenvalue weighted by atomic mass is 9.80. The maximum atomic E-state index is 9.72. The van der Waals surface area contributed by atoms with Crippen LogP contribution in [0.5, 0.6) is 0 Å². The number of nitrogens with one attached hydrogen (secondary N) is 1. The van der Waals surface area contributed by atoms with Crippen molar-refractivity contribution in [2.45, 2.75) is 45.6 Å². The molecule has 0 atom stereocenters. The first-order chi connectivity index (χ1) is 10.1. The van der Waals surface area contributed by atoms with Crippen LogP contribution in [0.1, 0.15) is 39.5 Å². The van der Waals surface area contributed by atoms with Crippen LogP contribution in [0.3, 0.4) is 0 Å². The van der Waals surface area contributed by atoms with E-state index in [0.717, 1.165) is 39.1 Å². The molecule has 21 heavy (non-hydrogen) atoms. The summed E-state index contributed by atoms with van der Waals surface area (Å²) < 4.78 is 5.43. The van der Waals surface area contributed by atoms with Gasteiger partial charge in [0.25, 0.3) is 0 Å². The van der Waals surface area contributed by atoms with Crippen LogP contribution in [0.2, 0.25) is 0 Å². The van der Waals surface area contributed by atoms with Crippen LogP contribution in [-0.2, 0) is 4.74 Å². The molecular formula is C17H32N2O2. The minimum absolute atomic E-state index is 0.0530. The third kappa shape index (κ3) is 5.37. The van der Waals surface area contributed by atoms with Gasteiger partial charge in [0.2, 0.25) is 0 Å². The largest absolute Gasteiger partial charge is 0.396 e. The molecule has 4 nitrogen and oxygen atoms in total. The number of hydrogen-bond acceptors (Lipinski definition) is 4. The van der Waals surface area contributed by atoms with Crippen molar-refractivity contribution in [1.82, 2.24) is 10.2 Å². The predicted molar refractivity (Wildman–Crippen MR) is 86.5 cm³/mol. The molecular weight excluding hydrogens is 264 g/mol. The van der Waals surface area contributed by atoms with Crippen LogP contribution in [0.15, 0.2) is 11.6 Å². The summed E-state index contributed by atoms with van der Waals surface area (Å²) in [5.41, 5.74) is 1.46. The zero-order chi connectivity index (χ0) is 15.1. The molecule has 0 bridgehead atoms. The second-order valence-corrected chi connectivity index (χ2v) is 7.01. The number of aliphatic hydroxyl groups is 1. The highest BCUT2D eigenvalue weighted by molar-refractivity contribution is 4.96. The van der Waals surface area contributed by atoms with Gasteiger partial charge in [0.1, 0.15) is 0 Å². The molecule has 2 aliphatic heterocycles. The van der Waals surface area contributed by atoms with E-state index in [4.69, 9.17) is 4.74 Å². The van der Waals surface area contributed by atoms with Crippen molar-refractivity contribution < 1.29 is 9.84 Å². The standard InChI is InChI=1S/C17H32N2O2/c1-15(2)3-8-19-9-4-16(5-10-19)18-13-17(14-20)6-11-21-12-7-17/h3,16,18,20H,4-14H2,1-2H3. The van der Waals surface area contributed by atoms with Gasteiger partial charge in [-0.1, -0.05) is 11.6 Å². The van der Waals surface area contributed by atoms with Gasteiger partial charge in [-0.25, -0.2) is 0 Å². The molecule has 0 aromatic heterocycles. The number of likely N-dealkylation sites (tertiary alicyclic amines) is 1. The molecule has 0 amide bonds. The first-order valence-electron chi connectivity index (χ1n) is 8.41. The first-order valence-corrected chi connectivity index (χ1v) is 8.41.